The van der Waals surface area contributed by atoms with E-state index in [4.69, 9.17) is 9.47 Å². The van der Waals surface area contributed by atoms with Gasteiger partial charge < -0.3 is 14.8 Å². The molecule has 4 nitrogen and oxygen atoms in total. The van der Waals surface area contributed by atoms with Gasteiger partial charge in [0.1, 0.15) is 6.61 Å². The number of rotatable bonds is 8. The van der Waals surface area contributed by atoms with Crippen molar-refractivity contribution in [1.29, 1.82) is 0 Å². The van der Waals surface area contributed by atoms with E-state index >= 15 is 0 Å². The standard InChI is InChI=1S/C23H22INO3/c1-2-27-22-20(24)13-19(23(26)25-15-17-9-5-3-6-10-17)14-21(22)28-16-18-11-7-4-8-12-18/h3-14H,2,15-16H2,1H3,(H,25,26). The Morgan fingerprint density at radius 3 is 2.21 bits per heavy atom. The van der Waals surface area contributed by atoms with E-state index in [0.29, 0.717) is 36.8 Å². The van der Waals surface area contributed by atoms with E-state index in [2.05, 4.69) is 27.9 Å². The molecule has 3 rings (SSSR count). The van der Waals surface area contributed by atoms with Crippen LogP contribution >= 0.6 is 22.6 Å². The summed E-state index contributed by atoms with van der Waals surface area (Å²) in [6.45, 7) is 3.34. The van der Waals surface area contributed by atoms with Crippen molar-refractivity contribution in [2.45, 2.75) is 20.1 Å². The first-order chi connectivity index (χ1) is 13.7. The molecule has 0 aliphatic rings. The fourth-order valence-corrected chi connectivity index (χ4v) is 3.46. The van der Waals surface area contributed by atoms with Gasteiger partial charge in [0.05, 0.1) is 10.2 Å². The highest BCUT2D eigenvalue weighted by molar-refractivity contribution is 14.1. The Labute approximate surface area is 179 Å². The number of ether oxygens (including phenoxy) is 2. The third kappa shape index (κ3) is 5.48. The van der Waals surface area contributed by atoms with Gasteiger partial charge in [-0.3, -0.25) is 4.79 Å². The van der Waals surface area contributed by atoms with Gasteiger partial charge in [-0.2, -0.15) is 0 Å². The highest BCUT2D eigenvalue weighted by Gasteiger charge is 2.16. The topological polar surface area (TPSA) is 47.6 Å². The number of hydrogen-bond acceptors (Lipinski definition) is 3. The maximum atomic E-state index is 12.7. The Hall–Kier alpha value is -2.54. The molecule has 1 amide bonds. The van der Waals surface area contributed by atoms with Gasteiger partial charge in [-0.1, -0.05) is 60.7 Å². The number of hydrogen-bond donors (Lipinski definition) is 1. The van der Waals surface area contributed by atoms with Crippen molar-refractivity contribution in [3.8, 4) is 11.5 Å². The summed E-state index contributed by atoms with van der Waals surface area (Å²) >= 11 is 2.18. The minimum atomic E-state index is -0.144. The third-order valence-electron chi connectivity index (χ3n) is 4.09. The lowest BCUT2D eigenvalue weighted by Gasteiger charge is -2.15. The summed E-state index contributed by atoms with van der Waals surface area (Å²) in [7, 11) is 0. The van der Waals surface area contributed by atoms with Crippen molar-refractivity contribution >= 4 is 28.5 Å². The van der Waals surface area contributed by atoms with Crippen molar-refractivity contribution in [1.82, 2.24) is 5.32 Å². The molecule has 0 aromatic heterocycles. The minimum Gasteiger partial charge on any atom is -0.489 e. The summed E-state index contributed by atoms with van der Waals surface area (Å²) in [5.74, 6) is 1.09. The highest BCUT2D eigenvalue weighted by atomic mass is 127. The molecule has 0 radical (unpaired) electrons. The monoisotopic (exact) mass is 487 g/mol. The first-order valence-corrected chi connectivity index (χ1v) is 10.2. The van der Waals surface area contributed by atoms with Gasteiger partial charge in [0.15, 0.2) is 11.5 Å². The lowest BCUT2D eigenvalue weighted by Crippen LogP contribution is -2.23. The number of carbonyl (C=O) groups is 1. The van der Waals surface area contributed by atoms with Crippen molar-refractivity contribution < 1.29 is 14.3 Å². The van der Waals surface area contributed by atoms with Crippen LogP contribution in [-0.2, 0) is 13.2 Å². The molecular weight excluding hydrogens is 465 g/mol. The van der Waals surface area contributed by atoms with Crippen LogP contribution in [0, 0.1) is 3.57 Å². The summed E-state index contributed by atoms with van der Waals surface area (Å²) in [5.41, 5.74) is 2.66. The number of carbonyl (C=O) groups excluding carboxylic acids is 1. The minimum absolute atomic E-state index is 0.144. The molecule has 3 aromatic carbocycles. The van der Waals surface area contributed by atoms with Crippen LogP contribution < -0.4 is 14.8 Å². The maximum absolute atomic E-state index is 12.7. The van der Waals surface area contributed by atoms with Crippen LogP contribution in [0.5, 0.6) is 11.5 Å². The van der Waals surface area contributed by atoms with E-state index in [1.807, 2.05) is 73.7 Å². The lowest BCUT2D eigenvalue weighted by atomic mass is 10.1. The second kappa shape index (κ2) is 10.1. The fraction of sp³-hybridized carbons (Fsp3) is 0.174. The van der Waals surface area contributed by atoms with Gasteiger partial charge in [0.2, 0.25) is 0 Å². The molecule has 0 aliphatic carbocycles. The summed E-state index contributed by atoms with van der Waals surface area (Å²) in [5, 5.41) is 2.96. The molecule has 0 saturated heterocycles. The number of benzene rings is 3. The molecule has 0 heterocycles. The summed E-state index contributed by atoms with van der Waals surface area (Å²) in [6, 6.07) is 23.3. The molecule has 0 aliphatic heterocycles. The normalized spacial score (nSPS) is 10.4. The smallest absolute Gasteiger partial charge is 0.251 e. The van der Waals surface area contributed by atoms with Crippen molar-refractivity contribution in [3.63, 3.8) is 0 Å². The summed E-state index contributed by atoms with van der Waals surface area (Å²) < 4.78 is 12.6. The van der Waals surface area contributed by atoms with Gasteiger partial charge in [-0.25, -0.2) is 0 Å². The Kier molecular flexibility index (Phi) is 7.31. The number of nitrogens with one attached hydrogen (secondary N) is 1. The van der Waals surface area contributed by atoms with E-state index in [9.17, 15) is 4.79 Å². The van der Waals surface area contributed by atoms with Gasteiger partial charge in [0, 0.05) is 12.1 Å². The third-order valence-corrected chi connectivity index (χ3v) is 4.89. The van der Waals surface area contributed by atoms with Crippen molar-refractivity contribution in [2.75, 3.05) is 6.61 Å². The molecule has 0 fully saturated rings. The molecule has 0 spiro atoms. The summed E-state index contributed by atoms with van der Waals surface area (Å²) in [4.78, 5) is 12.7. The van der Waals surface area contributed by atoms with Crippen molar-refractivity contribution in [2.24, 2.45) is 0 Å². The first-order valence-electron chi connectivity index (χ1n) is 9.12. The Balaban J connectivity index is 1.77. The average molecular weight is 487 g/mol. The second-order valence-corrected chi connectivity index (χ2v) is 7.32. The molecule has 144 valence electrons. The van der Waals surface area contributed by atoms with Crippen LogP contribution in [0.15, 0.2) is 72.8 Å². The molecule has 0 bridgehead atoms. The number of halogens is 1. The fourth-order valence-electron chi connectivity index (χ4n) is 2.71. The molecule has 0 atom stereocenters. The van der Waals surface area contributed by atoms with E-state index in [1.54, 1.807) is 6.07 Å². The predicted molar refractivity (Wildman–Crippen MR) is 119 cm³/mol. The molecule has 3 aromatic rings. The SMILES string of the molecule is CCOc1c(I)cc(C(=O)NCc2ccccc2)cc1OCc1ccccc1. The van der Waals surface area contributed by atoms with Crippen molar-refractivity contribution in [3.05, 3.63) is 93.1 Å². The molecule has 1 N–H and O–H groups in total. The molecule has 0 saturated carbocycles. The maximum Gasteiger partial charge on any atom is 0.251 e. The van der Waals surface area contributed by atoms with Crippen LogP contribution in [0.4, 0.5) is 0 Å². The quantitative estimate of drug-likeness (QED) is 0.445. The highest BCUT2D eigenvalue weighted by Crippen LogP contribution is 2.34. The van der Waals surface area contributed by atoms with Gasteiger partial charge in [-0.15, -0.1) is 0 Å². The first kappa shape index (κ1) is 20.2. The van der Waals surface area contributed by atoms with E-state index in [-0.39, 0.29) is 5.91 Å². The Bertz CT molecular complexity index is 914. The Morgan fingerprint density at radius 2 is 1.57 bits per heavy atom. The van der Waals surface area contributed by atoms with Crippen LogP contribution in [0.1, 0.15) is 28.4 Å². The molecule has 0 unspecified atom stereocenters. The predicted octanol–water partition coefficient (Wildman–Crippen LogP) is 5.20. The molecular formula is C23H22INO3. The van der Waals surface area contributed by atoms with Crippen LogP contribution in [0.2, 0.25) is 0 Å². The second-order valence-electron chi connectivity index (χ2n) is 6.16. The molecule has 28 heavy (non-hydrogen) atoms. The zero-order valence-electron chi connectivity index (χ0n) is 15.7. The van der Waals surface area contributed by atoms with Gasteiger partial charge in [0.25, 0.3) is 5.91 Å². The van der Waals surface area contributed by atoms with Crippen LogP contribution in [0.25, 0.3) is 0 Å². The van der Waals surface area contributed by atoms with E-state index in [1.165, 1.54) is 0 Å². The number of amides is 1. The lowest BCUT2D eigenvalue weighted by molar-refractivity contribution is 0.0950. The van der Waals surface area contributed by atoms with Crippen LogP contribution in [0.3, 0.4) is 0 Å². The zero-order chi connectivity index (χ0) is 19.8. The van der Waals surface area contributed by atoms with E-state index in [0.717, 1.165) is 14.7 Å². The largest absolute Gasteiger partial charge is 0.489 e. The zero-order valence-corrected chi connectivity index (χ0v) is 17.8. The average Bonchev–Trinajstić information content (AvgIpc) is 2.73. The van der Waals surface area contributed by atoms with Crippen LogP contribution in [-0.4, -0.2) is 12.5 Å². The summed E-state index contributed by atoms with van der Waals surface area (Å²) in [6.07, 6.45) is 0. The Morgan fingerprint density at radius 1 is 0.929 bits per heavy atom. The van der Waals surface area contributed by atoms with E-state index < -0.39 is 0 Å². The van der Waals surface area contributed by atoms with Gasteiger partial charge in [-0.05, 0) is 52.8 Å². The molecule has 5 heteroatoms. The van der Waals surface area contributed by atoms with Gasteiger partial charge >= 0.3 is 0 Å².